The van der Waals surface area contributed by atoms with E-state index in [-0.39, 0.29) is 11.3 Å². The van der Waals surface area contributed by atoms with Gasteiger partial charge in [-0.1, -0.05) is 39.0 Å². The van der Waals surface area contributed by atoms with Gasteiger partial charge in [0.25, 0.3) is 5.91 Å². The lowest BCUT2D eigenvalue weighted by Crippen LogP contribution is -2.19. The summed E-state index contributed by atoms with van der Waals surface area (Å²) < 4.78 is 1.81. The lowest BCUT2D eigenvalue weighted by atomic mass is 9.86. The van der Waals surface area contributed by atoms with E-state index in [1.807, 2.05) is 23.6 Å². The predicted molar refractivity (Wildman–Crippen MR) is 86.2 cm³/mol. The summed E-state index contributed by atoms with van der Waals surface area (Å²) in [4.78, 5) is 17.5. The standard InChI is InChI=1S/C16H17N3OS/c1-16(2,3)11-6-4-5-7-12(11)18-14(20)13-10-21-15-17-8-9-19(13)15/h4-10H,1-3H3,(H,18,20). The number of thiazole rings is 1. The molecule has 0 saturated carbocycles. The first-order chi connectivity index (χ1) is 9.97. The molecule has 0 bridgehead atoms. The molecule has 1 aromatic carbocycles. The maximum atomic E-state index is 12.5. The molecule has 1 amide bonds. The van der Waals surface area contributed by atoms with Gasteiger partial charge in [-0.3, -0.25) is 9.20 Å². The number of hydrogen-bond acceptors (Lipinski definition) is 3. The fourth-order valence-corrected chi connectivity index (χ4v) is 3.15. The molecule has 4 nitrogen and oxygen atoms in total. The number of nitrogens with one attached hydrogen (secondary N) is 1. The topological polar surface area (TPSA) is 46.4 Å². The van der Waals surface area contributed by atoms with E-state index < -0.39 is 0 Å². The Hall–Kier alpha value is -2.14. The van der Waals surface area contributed by atoms with Crippen molar-refractivity contribution in [3.63, 3.8) is 0 Å². The van der Waals surface area contributed by atoms with E-state index in [0.29, 0.717) is 5.69 Å². The Morgan fingerprint density at radius 2 is 2.05 bits per heavy atom. The Labute approximate surface area is 127 Å². The van der Waals surface area contributed by atoms with Crippen LogP contribution in [-0.2, 0) is 5.41 Å². The molecule has 3 rings (SSSR count). The zero-order valence-electron chi connectivity index (χ0n) is 12.3. The first kappa shape index (κ1) is 13.8. The second-order valence-electron chi connectivity index (χ2n) is 5.95. The van der Waals surface area contributed by atoms with Gasteiger partial charge >= 0.3 is 0 Å². The fourth-order valence-electron chi connectivity index (χ4n) is 2.32. The Bertz CT molecular complexity index is 795. The van der Waals surface area contributed by atoms with Gasteiger partial charge in [-0.05, 0) is 17.0 Å². The van der Waals surface area contributed by atoms with Crippen molar-refractivity contribution in [2.45, 2.75) is 26.2 Å². The number of rotatable bonds is 2. The molecule has 0 aliphatic carbocycles. The molecule has 2 aromatic heterocycles. The van der Waals surface area contributed by atoms with Crippen molar-refractivity contribution in [1.82, 2.24) is 9.38 Å². The molecule has 0 unspecified atom stereocenters. The molecule has 3 aromatic rings. The van der Waals surface area contributed by atoms with Crippen LogP contribution in [0.4, 0.5) is 5.69 Å². The maximum absolute atomic E-state index is 12.5. The van der Waals surface area contributed by atoms with Gasteiger partial charge in [0.15, 0.2) is 4.96 Å². The second kappa shape index (κ2) is 5.00. The molecule has 0 atom stereocenters. The molecule has 2 heterocycles. The number of anilines is 1. The third kappa shape index (κ3) is 2.56. The first-order valence-electron chi connectivity index (χ1n) is 6.78. The molecule has 0 radical (unpaired) electrons. The summed E-state index contributed by atoms with van der Waals surface area (Å²) in [6, 6.07) is 7.92. The summed E-state index contributed by atoms with van der Waals surface area (Å²) in [5.74, 6) is -0.115. The van der Waals surface area contributed by atoms with Crippen LogP contribution < -0.4 is 5.32 Å². The lowest BCUT2D eigenvalue weighted by molar-refractivity contribution is 0.102. The summed E-state index contributed by atoms with van der Waals surface area (Å²) in [6.07, 6.45) is 3.50. The SMILES string of the molecule is CC(C)(C)c1ccccc1NC(=O)c1csc2nccn12. The average Bonchev–Trinajstić information content (AvgIpc) is 2.99. The molecule has 0 aliphatic rings. The van der Waals surface area contributed by atoms with E-state index in [2.05, 4.69) is 37.1 Å². The van der Waals surface area contributed by atoms with Crippen molar-refractivity contribution in [2.75, 3.05) is 5.32 Å². The van der Waals surface area contributed by atoms with Gasteiger partial charge < -0.3 is 5.32 Å². The number of fused-ring (bicyclic) bond motifs is 1. The van der Waals surface area contributed by atoms with Crippen molar-refractivity contribution in [3.05, 3.63) is 53.3 Å². The normalized spacial score (nSPS) is 11.8. The van der Waals surface area contributed by atoms with E-state index in [0.717, 1.165) is 16.2 Å². The molecule has 21 heavy (non-hydrogen) atoms. The van der Waals surface area contributed by atoms with Gasteiger partial charge in [0, 0.05) is 23.5 Å². The Morgan fingerprint density at radius 3 is 2.81 bits per heavy atom. The summed E-state index contributed by atoms with van der Waals surface area (Å²) >= 11 is 1.46. The summed E-state index contributed by atoms with van der Waals surface area (Å²) in [5.41, 5.74) is 2.56. The van der Waals surface area contributed by atoms with Gasteiger partial charge in [0.2, 0.25) is 0 Å². The van der Waals surface area contributed by atoms with Crippen LogP contribution in [0.5, 0.6) is 0 Å². The van der Waals surface area contributed by atoms with Crippen LogP contribution in [0.1, 0.15) is 36.8 Å². The number of nitrogens with zero attached hydrogens (tertiary/aromatic N) is 2. The molecular formula is C16H17N3OS. The monoisotopic (exact) mass is 299 g/mol. The molecule has 0 saturated heterocycles. The highest BCUT2D eigenvalue weighted by Gasteiger charge is 2.20. The lowest BCUT2D eigenvalue weighted by Gasteiger charge is -2.22. The van der Waals surface area contributed by atoms with Crippen LogP contribution >= 0.6 is 11.3 Å². The summed E-state index contributed by atoms with van der Waals surface area (Å²) in [6.45, 7) is 6.41. The summed E-state index contributed by atoms with van der Waals surface area (Å²) in [5, 5.41) is 4.85. The zero-order valence-corrected chi connectivity index (χ0v) is 13.1. The zero-order chi connectivity index (χ0) is 15.0. The van der Waals surface area contributed by atoms with E-state index in [1.54, 1.807) is 16.8 Å². The number of amides is 1. The van der Waals surface area contributed by atoms with E-state index in [1.165, 1.54) is 11.3 Å². The highest BCUT2D eigenvalue weighted by Crippen LogP contribution is 2.29. The summed E-state index contributed by atoms with van der Waals surface area (Å²) in [7, 11) is 0. The van der Waals surface area contributed by atoms with Gasteiger partial charge in [0.05, 0.1) is 0 Å². The largest absolute Gasteiger partial charge is 0.320 e. The Kier molecular flexibility index (Phi) is 3.29. The van der Waals surface area contributed by atoms with Crippen LogP contribution in [0.15, 0.2) is 42.0 Å². The van der Waals surface area contributed by atoms with Crippen LogP contribution in [-0.4, -0.2) is 15.3 Å². The van der Waals surface area contributed by atoms with E-state index >= 15 is 0 Å². The smallest absolute Gasteiger partial charge is 0.273 e. The number of benzene rings is 1. The van der Waals surface area contributed by atoms with Gasteiger partial charge in [-0.15, -0.1) is 11.3 Å². The van der Waals surface area contributed by atoms with Crippen molar-refractivity contribution in [2.24, 2.45) is 0 Å². The molecule has 5 heteroatoms. The first-order valence-corrected chi connectivity index (χ1v) is 7.66. The minimum atomic E-state index is -0.115. The number of carbonyl (C=O) groups excluding carboxylic acids is 1. The molecular weight excluding hydrogens is 282 g/mol. The van der Waals surface area contributed by atoms with Crippen molar-refractivity contribution >= 4 is 27.9 Å². The molecule has 0 fully saturated rings. The van der Waals surface area contributed by atoms with Crippen LogP contribution in [0.3, 0.4) is 0 Å². The third-order valence-electron chi connectivity index (χ3n) is 3.36. The molecule has 0 aliphatic heterocycles. The van der Waals surface area contributed by atoms with Gasteiger partial charge in [0.1, 0.15) is 5.69 Å². The number of para-hydroxylation sites is 1. The maximum Gasteiger partial charge on any atom is 0.273 e. The van der Waals surface area contributed by atoms with Crippen LogP contribution in [0.2, 0.25) is 0 Å². The predicted octanol–water partition coefficient (Wildman–Crippen LogP) is 3.95. The van der Waals surface area contributed by atoms with Crippen LogP contribution in [0, 0.1) is 0 Å². The average molecular weight is 299 g/mol. The molecule has 0 spiro atoms. The molecule has 1 N–H and O–H groups in total. The number of hydrogen-bond donors (Lipinski definition) is 1. The van der Waals surface area contributed by atoms with Crippen molar-refractivity contribution in [3.8, 4) is 0 Å². The Morgan fingerprint density at radius 1 is 1.29 bits per heavy atom. The highest BCUT2D eigenvalue weighted by atomic mass is 32.1. The third-order valence-corrected chi connectivity index (χ3v) is 4.21. The number of carbonyl (C=O) groups is 1. The number of imidazole rings is 1. The molecule has 108 valence electrons. The number of aromatic nitrogens is 2. The van der Waals surface area contributed by atoms with Gasteiger partial charge in [-0.2, -0.15) is 0 Å². The highest BCUT2D eigenvalue weighted by molar-refractivity contribution is 7.15. The van der Waals surface area contributed by atoms with Crippen LogP contribution in [0.25, 0.3) is 4.96 Å². The minimum absolute atomic E-state index is 0.0250. The second-order valence-corrected chi connectivity index (χ2v) is 6.79. The van der Waals surface area contributed by atoms with Gasteiger partial charge in [-0.25, -0.2) is 4.98 Å². The van der Waals surface area contributed by atoms with Crippen molar-refractivity contribution in [1.29, 1.82) is 0 Å². The minimum Gasteiger partial charge on any atom is -0.320 e. The quantitative estimate of drug-likeness (QED) is 0.779. The van der Waals surface area contributed by atoms with Crippen molar-refractivity contribution < 1.29 is 4.79 Å². The Balaban J connectivity index is 1.94. The van der Waals surface area contributed by atoms with E-state index in [4.69, 9.17) is 0 Å². The fraction of sp³-hybridized carbons (Fsp3) is 0.250. The van der Waals surface area contributed by atoms with E-state index in [9.17, 15) is 4.79 Å².